The Morgan fingerprint density at radius 3 is 2.56 bits per heavy atom. The smallest absolute Gasteiger partial charge is 0.277 e. The van der Waals surface area contributed by atoms with E-state index in [0.717, 1.165) is 31.2 Å². The number of nitrogens with one attached hydrogen (secondary N) is 1. The van der Waals surface area contributed by atoms with Gasteiger partial charge in [-0.25, -0.2) is 0 Å². The van der Waals surface area contributed by atoms with Crippen LogP contribution in [0, 0.1) is 13.8 Å². The Balaban J connectivity index is 1.50. The molecule has 2 aromatic carbocycles. The van der Waals surface area contributed by atoms with Gasteiger partial charge in [0.1, 0.15) is 0 Å². The molecular weight excluding hydrogens is 358 g/mol. The minimum Gasteiger partial charge on any atom is -0.360 e. The van der Waals surface area contributed by atoms with Crippen LogP contribution in [0.4, 0.5) is 5.69 Å². The highest BCUT2D eigenvalue weighted by Crippen LogP contribution is 2.19. The Morgan fingerprint density at radius 1 is 1.15 bits per heavy atom. The lowest BCUT2D eigenvalue weighted by Crippen LogP contribution is -3.15. The molecule has 2 aromatic rings. The molecule has 1 aliphatic rings. The highest BCUT2D eigenvalue weighted by molar-refractivity contribution is 6.30. The van der Waals surface area contributed by atoms with E-state index in [1.165, 1.54) is 27.3 Å². The topological polar surface area (TPSA) is 28.0 Å². The fourth-order valence-corrected chi connectivity index (χ4v) is 3.83. The van der Waals surface area contributed by atoms with Crippen molar-refractivity contribution in [1.29, 1.82) is 0 Å². The summed E-state index contributed by atoms with van der Waals surface area (Å²) in [6.07, 6.45) is 0. The van der Waals surface area contributed by atoms with E-state index < -0.39 is 0 Å². The number of halogens is 1. The first kappa shape index (κ1) is 19.7. The molecule has 0 radical (unpaired) electrons. The van der Waals surface area contributed by atoms with E-state index in [4.69, 9.17) is 11.6 Å². The lowest BCUT2D eigenvalue weighted by Gasteiger charge is -2.34. The van der Waals surface area contributed by atoms with Crippen LogP contribution >= 0.6 is 11.6 Å². The van der Waals surface area contributed by atoms with Crippen molar-refractivity contribution in [2.45, 2.75) is 20.4 Å². The van der Waals surface area contributed by atoms with Gasteiger partial charge >= 0.3 is 0 Å². The van der Waals surface area contributed by atoms with Crippen LogP contribution in [0.1, 0.15) is 16.7 Å². The Hall–Kier alpha value is -2.04. The molecule has 1 amide bonds. The van der Waals surface area contributed by atoms with Crippen molar-refractivity contribution < 1.29 is 9.69 Å². The maximum atomic E-state index is 12.7. The van der Waals surface area contributed by atoms with Gasteiger partial charge < -0.3 is 14.7 Å². The van der Waals surface area contributed by atoms with Crippen molar-refractivity contribution in [2.24, 2.45) is 0 Å². The summed E-state index contributed by atoms with van der Waals surface area (Å²) >= 11 is 6.10. The van der Waals surface area contributed by atoms with Gasteiger partial charge in [0.15, 0.2) is 6.54 Å². The molecule has 4 nitrogen and oxygen atoms in total. The summed E-state index contributed by atoms with van der Waals surface area (Å²) in [6, 6.07) is 14.4. The molecule has 1 N–H and O–H groups in total. The predicted molar refractivity (Wildman–Crippen MR) is 112 cm³/mol. The molecule has 0 spiro atoms. The van der Waals surface area contributed by atoms with E-state index in [1.54, 1.807) is 0 Å². The Morgan fingerprint density at radius 2 is 1.89 bits per heavy atom. The van der Waals surface area contributed by atoms with E-state index in [9.17, 15) is 4.79 Å². The van der Waals surface area contributed by atoms with Crippen LogP contribution in [0.25, 0.3) is 0 Å². The molecule has 1 aliphatic heterocycles. The van der Waals surface area contributed by atoms with Gasteiger partial charge in [-0.3, -0.25) is 4.79 Å². The first-order valence-corrected chi connectivity index (χ1v) is 9.94. The predicted octanol–water partition coefficient (Wildman–Crippen LogP) is 2.32. The highest BCUT2D eigenvalue weighted by Gasteiger charge is 2.24. The van der Waals surface area contributed by atoms with E-state index >= 15 is 0 Å². The van der Waals surface area contributed by atoms with Gasteiger partial charge in [-0.15, -0.1) is 0 Å². The second kappa shape index (κ2) is 8.77. The van der Waals surface area contributed by atoms with Gasteiger partial charge in [0.05, 0.1) is 26.2 Å². The second-order valence-corrected chi connectivity index (χ2v) is 8.01. The van der Waals surface area contributed by atoms with Gasteiger partial charge in [0.25, 0.3) is 5.91 Å². The van der Waals surface area contributed by atoms with Crippen molar-refractivity contribution in [2.75, 3.05) is 44.7 Å². The summed E-state index contributed by atoms with van der Waals surface area (Å²) in [6.45, 7) is 9.27. The number of aryl methyl sites for hydroxylation is 2. The van der Waals surface area contributed by atoms with Crippen molar-refractivity contribution in [1.82, 2.24) is 4.90 Å². The summed E-state index contributed by atoms with van der Waals surface area (Å²) in [5, 5.41) is 0.769. The van der Waals surface area contributed by atoms with Crippen molar-refractivity contribution in [3.05, 3.63) is 64.2 Å². The number of anilines is 1. The number of rotatable bonds is 5. The highest BCUT2D eigenvalue weighted by atomic mass is 35.5. The molecular formula is C22H29ClN3O+. The van der Waals surface area contributed by atoms with E-state index in [1.807, 2.05) is 30.1 Å². The van der Waals surface area contributed by atoms with Gasteiger partial charge in [-0.1, -0.05) is 41.4 Å². The third-order valence-electron chi connectivity index (χ3n) is 5.38. The molecule has 1 saturated heterocycles. The van der Waals surface area contributed by atoms with Crippen molar-refractivity contribution in [3.63, 3.8) is 0 Å². The number of quaternary nitrogens is 1. The Bertz CT molecular complexity index is 800. The van der Waals surface area contributed by atoms with Gasteiger partial charge in [-0.05, 0) is 43.2 Å². The first-order valence-electron chi connectivity index (χ1n) is 9.56. The third kappa shape index (κ3) is 5.24. The zero-order chi connectivity index (χ0) is 19.4. The average molecular weight is 387 g/mol. The van der Waals surface area contributed by atoms with Gasteiger partial charge in [0, 0.05) is 24.3 Å². The number of carbonyl (C=O) groups is 1. The van der Waals surface area contributed by atoms with Crippen molar-refractivity contribution in [3.8, 4) is 0 Å². The summed E-state index contributed by atoms with van der Waals surface area (Å²) < 4.78 is 0. The molecule has 1 fully saturated rings. The number of benzene rings is 2. The average Bonchev–Trinajstić information content (AvgIpc) is 2.64. The maximum absolute atomic E-state index is 12.7. The third-order valence-corrected chi connectivity index (χ3v) is 5.61. The van der Waals surface area contributed by atoms with Crippen LogP contribution in [-0.4, -0.2) is 50.6 Å². The summed E-state index contributed by atoms with van der Waals surface area (Å²) in [5.41, 5.74) is 4.89. The number of hydrogen-bond acceptors (Lipinski definition) is 2. The summed E-state index contributed by atoms with van der Waals surface area (Å²) in [5.74, 6) is 0.209. The molecule has 3 rings (SSSR count). The molecule has 0 unspecified atom stereocenters. The zero-order valence-corrected chi connectivity index (χ0v) is 17.2. The lowest BCUT2D eigenvalue weighted by molar-refractivity contribution is -0.892. The molecule has 27 heavy (non-hydrogen) atoms. The quantitative estimate of drug-likeness (QED) is 0.854. The van der Waals surface area contributed by atoms with Gasteiger partial charge in [-0.2, -0.15) is 0 Å². The number of amides is 1. The number of likely N-dealkylation sites (N-methyl/N-ethyl adjacent to an activating group) is 1. The van der Waals surface area contributed by atoms with E-state index in [-0.39, 0.29) is 5.91 Å². The fraction of sp³-hybridized carbons (Fsp3) is 0.409. The van der Waals surface area contributed by atoms with Crippen LogP contribution < -0.4 is 9.80 Å². The van der Waals surface area contributed by atoms with Crippen LogP contribution in [0.5, 0.6) is 0 Å². The number of hydrogen-bond donors (Lipinski definition) is 1. The standard InChI is InChI=1S/C22H28ClN3O/c1-17-7-8-19(18(2)13-17)15-24(3)22(27)16-25-9-11-26(12-10-25)21-6-4-5-20(23)14-21/h4-8,13-14H,9-12,15-16H2,1-3H3/p+1. The van der Waals surface area contributed by atoms with Crippen LogP contribution in [-0.2, 0) is 11.3 Å². The molecule has 0 aliphatic carbocycles. The molecule has 0 atom stereocenters. The van der Waals surface area contributed by atoms with Crippen LogP contribution in [0.15, 0.2) is 42.5 Å². The molecule has 0 bridgehead atoms. The number of piperazine rings is 1. The van der Waals surface area contributed by atoms with Crippen LogP contribution in [0.2, 0.25) is 5.02 Å². The van der Waals surface area contributed by atoms with Crippen LogP contribution in [0.3, 0.4) is 0 Å². The molecule has 5 heteroatoms. The largest absolute Gasteiger partial charge is 0.360 e. The minimum absolute atomic E-state index is 0.209. The Labute approximate surface area is 167 Å². The first-order chi connectivity index (χ1) is 12.9. The maximum Gasteiger partial charge on any atom is 0.277 e. The number of nitrogens with zero attached hydrogens (tertiary/aromatic N) is 2. The SMILES string of the molecule is Cc1ccc(CN(C)C(=O)C[NH+]2CCN(c3cccc(Cl)c3)CC2)c(C)c1. The van der Waals surface area contributed by atoms with E-state index in [2.05, 4.69) is 43.0 Å². The molecule has 144 valence electrons. The zero-order valence-electron chi connectivity index (χ0n) is 16.5. The van der Waals surface area contributed by atoms with Gasteiger partial charge in [0.2, 0.25) is 0 Å². The second-order valence-electron chi connectivity index (χ2n) is 7.57. The summed E-state index contributed by atoms with van der Waals surface area (Å²) in [4.78, 5) is 18.2. The Kier molecular flexibility index (Phi) is 6.40. The fourth-order valence-electron chi connectivity index (χ4n) is 3.65. The minimum atomic E-state index is 0.209. The monoisotopic (exact) mass is 386 g/mol. The van der Waals surface area contributed by atoms with Crippen molar-refractivity contribution >= 4 is 23.2 Å². The molecule has 0 aromatic heterocycles. The summed E-state index contributed by atoms with van der Waals surface area (Å²) in [7, 11) is 1.91. The normalized spacial score (nSPS) is 15.0. The number of carbonyl (C=O) groups excluding carboxylic acids is 1. The molecule has 0 saturated carbocycles. The van der Waals surface area contributed by atoms with E-state index in [0.29, 0.717) is 13.1 Å². The lowest BCUT2D eigenvalue weighted by atomic mass is 10.1. The molecule has 1 heterocycles.